The molecule has 0 atom stereocenters. The van der Waals surface area contributed by atoms with Crippen LogP contribution in [-0.2, 0) is 10.0 Å². The van der Waals surface area contributed by atoms with Gasteiger partial charge in [0.15, 0.2) is 15.8 Å². The molecule has 0 aliphatic carbocycles. The summed E-state index contributed by atoms with van der Waals surface area (Å²) < 4.78 is 49.0. The van der Waals surface area contributed by atoms with Gasteiger partial charge in [-0.05, 0) is 6.07 Å². The minimum Gasteiger partial charge on any atom is -0.396 e. The summed E-state index contributed by atoms with van der Waals surface area (Å²) in [5, 5.41) is 4.96. The van der Waals surface area contributed by atoms with E-state index in [-0.39, 0.29) is 25.4 Å². The fourth-order valence-corrected chi connectivity index (χ4v) is 3.95. The van der Waals surface area contributed by atoms with Crippen molar-refractivity contribution in [3.8, 4) is 11.1 Å². The molecule has 1 heterocycles. The number of rotatable bonds is 2. The molecule has 2 aromatic rings. The predicted octanol–water partition coefficient (Wildman–Crippen LogP) is 2.58. The summed E-state index contributed by atoms with van der Waals surface area (Å²) >= 11 is 6.44. The van der Waals surface area contributed by atoms with Crippen LogP contribution in [0.3, 0.4) is 0 Å². The second-order valence-corrected chi connectivity index (χ2v) is 6.98. The highest BCUT2D eigenvalue weighted by molar-refractivity contribution is 7.91. The Morgan fingerprint density at radius 2 is 1.89 bits per heavy atom. The summed E-state index contributed by atoms with van der Waals surface area (Å²) in [6.45, 7) is 0. The number of nitrogens with two attached hydrogens (primary N) is 2. The molecule has 2 rings (SSSR count). The normalized spacial score (nSPS) is 11.8. The van der Waals surface area contributed by atoms with Crippen LogP contribution in [0, 0.1) is 11.6 Å². The van der Waals surface area contributed by atoms with Crippen LogP contribution in [0.15, 0.2) is 22.4 Å². The molecule has 0 radical (unpaired) electrons. The maximum Gasteiger partial charge on any atom is 0.249 e. The summed E-state index contributed by atoms with van der Waals surface area (Å²) in [5.41, 5.74) is 5.04. The fraction of sp³-hybridized carbons (Fsp3) is 0. The molecule has 0 bridgehead atoms. The zero-order chi connectivity index (χ0) is 14.4. The Bertz CT molecular complexity index is 759. The van der Waals surface area contributed by atoms with E-state index in [0.717, 1.165) is 6.07 Å². The van der Waals surface area contributed by atoms with Crippen LogP contribution >= 0.6 is 22.9 Å². The van der Waals surface area contributed by atoms with Gasteiger partial charge in [0.1, 0.15) is 4.34 Å². The molecule has 4 N–H and O–H groups in total. The van der Waals surface area contributed by atoms with Gasteiger partial charge in [0.05, 0.1) is 5.69 Å². The van der Waals surface area contributed by atoms with Gasteiger partial charge in [-0.15, -0.1) is 11.3 Å². The average molecular weight is 325 g/mol. The molecule has 102 valence electrons. The number of thiophene rings is 1. The smallest absolute Gasteiger partial charge is 0.249 e. The molecule has 0 aliphatic heterocycles. The van der Waals surface area contributed by atoms with Gasteiger partial charge in [0.2, 0.25) is 10.0 Å². The standard InChI is InChI=1S/C10H7ClF2N2O2S2/c11-9-6(4-2-1-3-5(12)7(4)13)8(14)10(18-9)19(15,16)17/h1-3H,14H2,(H2,15,16,17). The molecule has 0 unspecified atom stereocenters. The predicted molar refractivity (Wildman–Crippen MR) is 70.5 cm³/mol. The van der Waals surface area contributed by atoms with Crippen molar-refractivity contribution < 1.29 is 17.2 Å². The van der Waals surface area contributed by atoms with E-state index >= 15 is 0 Å². The van der Waals surface area contributed by atoms with Crippen molar-refractivity contribution in [1.29, 1.82) is 0 Å². The SMILES string of the molecule is Nc1c(S(N)(=O)=O)sc(Cl)c1-c1cccc(F)c1F. The fourth-order valence-electron chi connectivity index (χ4n) is 1.55. The van der Waals surface area contributed by atoms with Crippen molar-refractivity contribution in [2.24, 2.45) is 5.14 Å². The molecule has 1 aromatic carbocycles. The summed E-state index contributed by atoms with van der Waals surface area (Å²) in [7, 11) is -4.07. The second-order valence-electron chi connectivity index (χ2n) is 3.60. The highest BCUT2D eigenvalue weighted by atomic mass is 35.5. The Kier molecular flexibility index (Phi) is 3.52. The maximum absolute atomic E-state index is 13.7. The van der Waals surface area contributed by atoms with Crippen molar-refractivity contribution in [3.05, 3.63) is 34.2 Å². The third-order valence-electron chi connectivity index (χ3n) is 2.35. The third kappa shape index (κ3) is 2.44. The minimum atomic E-state index is -4.07. The van der Waals surface area contributed by atoms with Crippen molar-refractivity contribution in [2.75, 3.05) is 5.73 Å². The third-order valence-corrected chi connectivity index (χ3v) is 5.24. The molecule has 1 aromatic heterocycles. The molecular formula is C10H7ClF2N2O2S2. The Balaban J connectivity index is 2.78. The van der Waals surface area contributed by atoms with Gasteiger partial charge < -0.3 is 5.73 Å². The van der Waals surface area contributed by atoms with E-state index in [4.69, 9.17) is 22.5 Å². The quantitative estimate of drug-likeness (QED) is 0.890. The first-order valence-corrected chi connectivity index (χ1v) is 7.52. The maximum atomic E-state index is 13.7. The first-order valence-electron chi connectivity index (χ1n) is 4.78. The van der Waals surface area contributed by atoms with Gasteiger partial charge in [-0.1, -0.05) is 23.7 Å². The Labute approximate surface area is 116 Å². The van der Waals surface area contributed by atoms with Crippen LogP contribution in [0.4, 0.5) is 14.5 Å². The monoisotopic (exact) mass is 324 g/mol. The van der Waals surface area contributed by atoms with Gasteiger partial charge in [0, 0.05) is 11.1 Å². The lowest BCUT2D eigenvalue weighted by Crippen LogP contribution is -2.12. The molecule has 0 aliphatic rings. The molecular weight excluding hydrogens is 318 g/mol. The van der Waals surface area contributed by atoms with E-state index in [2.05, 4.69) is 0 Å². The number of nitrogen functional groups attached to an aromatic ring is 1. The van der Waals surface area contributed by atoms with E-state index in [1.54, 1.807) is 0 Å². The molecule has 0 saturated carbocycles. The van der Waals surface area contributed by atoms with Gasteiger partial charge in [0.25, 0.3) is 0 Å². The molecule has 0 fully saturated rings. The van der Waals surface area contributed by atoms with E-state index in [1.807, 2.05) is 0 Å². The Hall–Kier alpha value is -1.22. The van der Waals surface area contributed by atoms with Gasteiger partial charge in [-0.2, -0.15) is 0 Å². The summed E-state index contributed by atoms with van der Waals surface area (Å²) in [4.78, 5) is 0. The molecule has 0 spiro atoms. The van der Waals surface area contributed by atoms with Crippen molar-refractivity contribution in [1.82, 2.24) is 0 Å². The van der Waals surface area contributed by atoms with E-state index < -0.39 is 21.7 Å². The zero-order valence-electron chi connectivity index (χ0n) is 9.15. The van der Waals surface area contributed by atoms with Crippen molar-refractivity contribution in [3.63, 3.8) is 0 Å². The lowest BCUT2D eigenvalue weighted by Gasteiger charge is -2.04. The summed E-state index contributed by atoms with van der Waals surface area (Å²) in [5.74, 6) is -2.24. The van der Waals surface area contributed by atoms with Crippen LogP contribution in [0.25, 0.3) is 11.1 Å². The van der Waals surface area contributed by atoms with Gasteiger partial charge in [-0.25, -0.2) is 22.3 Å². The Morgan fingerprint density at radius 1 is 1.26 bits per heavy atom. The van der Waals surface area contributed by atoms with Crippen LogP contribution in [0.5, 0.6) is 0 Å². The first kappa shape index (κ1) is 14.2. The van der Waals surface area contributed by atoms with Gasteiger partial charge in [-0.3, -0.25) is 0 Å². The number of primary sulfonamides is 1. The minimum absolute atomic E-state index is 0.0762. The molecule has 9 heteroatoms. The number of hydrogen-bond acceptors (Lipinski definition) is 4. The first-order chi connectivity index (χ1) is 8.73. The lowest BCUT2D eigenvalue weighted by molar-refractivity contribution is 0.511. The number of anilines is 1. The van der Waals surface area contributed by atoms with E-state index in [1.165, 1.54) is 12.1 Å². The number of halogens is 3. The summed E-state index contributed by atoms with van der Waals surface area (Å²) in [6.07, 6.45) is 0. The van der Waals surface area contributed by atoms with Crippen LogP contribution in [0.2, 0.25) is 4.34 Å². The zero-order valence-corrected chi connectivity index (χ0v) is 11.5. The molecule has 0 saturated heterocycles. The van der Waals surface area contributed by atoms with Gasteiger partial charge >= 0.3 is 0 Å². The molecule has 19 heavy (non-hydrogen) atoms. The second kappa shape index (κ2) is 4.71. The number of sulfonamides is 1. The summed E-state index contributed by atoms with van der Waals surface area (Å²) in [6, 6.07) is 3.43. The Morgan fingerprint density at radius 3 is 2.42 bits per heavy atom. The molecule has 4 nitrogen and oxygen atoms in total. The highest BCUT2D eigenvalue weighted by Gasteiger charge is 2.25. The largest absolute Gasteiger partial charge is 0.396 e. The van der Waals surface area contributed by atoms with Crippen LogP contribution < -0.4 is 10.9 Å². The highest BCUT2D eigenvalue weighted by Crippen LogP contribution is 2.44. The van der Waals surface area contributed by atoms with Crippen LogP contribution in [-0.4, -0.2) is 8.42 Å². The topological polar surface area (TPSA) is 86.2 Å². The van der Waals surface area contributed by atoms with Crippen molar-refractivity contribution in [2.45, 2.75) is 4.21 Å². The van der Waals surface area contributed by atoms with E-state index in [9.17, 15) is 17.2 Å². The van der Waals surface area contributed by atoms with E-state index in [0.29, 0.717) is 11.3 Å². The van der Waals surface area contributed by atoms with Crippen LogP contribution in [0.1, 0.15) is 0 Å². The lowest BCUT2D eigenvalue weighted by atomic mass is 10.1. The van der Waals surface area contributed by atoms with Crippen molar-refractivity contribution >= 4 is 38.6 Å². The molecule has 0 amide bonds. The average Bonchev–Trinajstić information content (AvgIpc) is 2.59. The number of benzene rings is 1. The number of hydrogen-bond donors (Lipinski definition) is 2.